The first-order valence-corrected chi connectivity index (χ1v) is 11.4. The highest BCUT2D eigenvalue weighted by Crippen LogP contribution is 2.38. The van der Waals surface area contributed by atoms with E-state index in [9.17, 15) is 18.0 Å². The van der Waals surface area contributed by atoms with Crippen LogP contribution < -0.4 is 0 Å². The molecule has 4 rings (SSSR count). The molecule has 1 aliphatic heterocycles. The molecule has 33 heavy (non-hydrogen) atoms. The van der Waals surface area contributed by atoms with Crippen molar-refractivity contribution in [2.24, 2.45) is 0 Å². The molecule has 0 aromatic heterocycles. The minimum absolute atomic E-state index is 0.184. The Hall–Kier alpha value is -2.97. The van der Waals surface area contributed by atoms with E-state index in [0.717, 1.165) is 10.5 Å². The standard InChI is InChI=1S/C25H22F3NO3S/c26-25(27,28)23-12-18(8-11-22(23)19-4-2-1-3-5-19)16-33-21-9-6-17(7-10-21)13-29-14-20(15-29)32-24(30)31/h1-12,20H,13-16H2,(H,30,31). The van der Waals surface area contributed by atoms with Gasteiger partial charge < -0.3 is 9.84 Å². The first-order chi connectivity index (χ1) is 15.8. The molecule has 4 nitrogen and oxygen atoms in total. The maximum absolute atomic E-state index is 13.7. The molecule has 172 valence electrons. The van der Waals surface area contributed by atoms with Gasteiger partial charge in [0.15, 0.2) is 0 Å². The van der Waals surface area contributed by atoms with Gasteiger partial charge in [-0.1, -0.05) is 54.6 Å². The van der Waals surface area contributed by atoms with Crippen LogP contribution >= 0.6 is 11.8 Å². The van der Waals surface area contributed by atoms with Crippen molar-refractivity contribution >= 4 is 17.9 Å². The Morgan fingerprint density at radius 2 is 1.67 bits per heavy atom. The normalized spacial score (nSPS) is 14.6. The Labute approximate surface area is 194 Å². The quantitative estimate of drug-likeness (QED) is 0.312. The summed E-state index contributed by atoms with van der Waals surface area (Å²) in [6.07, 6.45) is -5.95. The van der Waals surface area contributed by atoms with Crippen molar-refractivity contribution in [2.45, 2.75) is 29.5 Å². The summed E-state index contributed by atoms with van der Waals surface area (Å²) in [6, 6.07) is 21.0. The van der Waals surface area contributed by atoms with E-state index in [1.807, 2.05) is 24.3 Å². The Morgan fingerprint density at radius 3 is 2.30 bits per heavy atom. The smallest absolute Gasteiger partial charge is 0.450 e. The second-order valence-corrected chi connectivity index (χ2v) is 8.92. The van der Waals surface area contributed by atoms with Gasteiger partial charge in [0.2, 0.25) is 0 Å². The molecule has 1 aliphatic rings. The number of hydrogen-bond donors (Lipinski definition) is 1. The van der Waals surface area contributed by atoms with Crippen LogP contribution in [0.25, 0.3) is 11.1 Å². The van der Waals surface area contributed by atoms with E-state index in [2.05, 4.69) is 4.90 Å². The highest BCUT2D eigenvalue weighted by Gasteiger charge is 2.34. The molecule has 0 atom stereocenters. The number of carbonyl (C=O) groups is 1. The molecule has 0 radical (unpaired) electrons. The fourth-order valence-electron chi connectivity index (χ4n) is 3.77. The summed E-state index contributed by atoms with van der Waals surface area (Å²) < 4.78 is 45.8. The van der Waals surface area contributed by atoms with Gasteiger partial charge >= 0.3 is 12.3 Å². The van der Waals surface area contributed by atoms with Crippen molar-refractivity contribution in [3.05, 3.63) is 89.5 Å². The van der Waals surface area contributed by atoms with E-state index in [4.69, 9.17) is 9.84 Å². The lowest BCUT2D eigenvalue weighted by Gasteiger charge is -2.37. The zero-order valence-electron chi connectivity index (χ0n) is 17.6. The van der Waals surface area contributed by atoms with E-state index in [-0.39, 0.29) is 11.7 Å². The summed E-state index contributed by atoms with van der Waals surface area (Å²) in [5.74, 6) is 0.428. The van der Waals surface area contributed by atoms with Gasteiger partial charge in [0.1, 0.15) is 6.10 Å². The molecule has 0 spiro atoms. The third-order valence-corrected chi connectivity index (χ3v) is 6.48. The van der Waals surface area contributed by atoms with Gasteiger partial charge in [0.25, 0.3) is 0 Å². The lowest BCUT2D eigenvalue weighted by atomic mass is 9.97. The Bertz CT molecular complexity index is 1100. The van der Waals surface area contributed by atoms with Gasteiger partial charge in [-0.05, 0) is 40.5 Å². The number of hydrogen-bond acceptors (Lipinski definition) is 4. The molecule has 0 amide bonds. The van der Waals surface area contributed by atoms with E-state index in [1.54, 1.807) is 42.5 Å². The minimum Gasteiger partial charge on any atom is -0.450 e. The average Bonchev–Trinajstić information content (AvgIpc) is 2.77. The van der Waals surface area contributed by atoms with Crippen LogP contribution in [0.2, 0.25) is 0 Å². The Kier molecular flexibility index (Phi) is 6.95. The number of thioether (sulfide) groups is 1. The van der Waals surface area contributed by atoms with Crippen LogP contribution in [-0.2, 0) is 23.2 Å². The van der Waals surface area contributed by atoms with Crippen LogP contribution in [0.4, 0.5) is 18.0 Å². The molecular weight excluding hydrogens is 451 g/mol. The predicted octanol–water partition coefficient (Wildman–Crippen LogP) is 6.54. The fourth-order valence-corrected chi connectivity index (χ4v) is 4.61. The van der Waals surface area contributed by atoms with Gasteiger partial charge in [0.05, 0.1) is 5.56 Å². The zero-order chi connectivity index (χ0) is 23.4. The molecule has 8 heteroatoms. The number of ether oxygens (including phenoxy) is 1. The molecule has 1 saturated heterocycles. The number of likely N-dealkylation sites (tertiary alicyclic amines) is 1. The van der Waals surface area contributed by atoms with Crippen LogP contribution in [0.15, 0.2) is 77.7 Å². The topological polar surface area (TPSA) is 49.8 Å². The van der Waals surface area contributed by atoms with Gasteiger partial charge in [-0.3, -0.25) is 4.90 Å². The predicted molar refractivity (Wildman–Crippen MR) is 121 cm³/mol. The second-order valence-electron chi connectivity index (χ2n) is 7.88. The van der Waals surface area contributed by atoms with Crippen LogP contribution in [0, 0.1) is 0 Å². The summed E-state index contributed by atoms with van der Waals surface area (Å²) in [4.78, 5) is 13.6. The number of nitrogens with zero attached hydrogens (tertiary/aromatic N) is 1. The summed E-state index contributed by atoms with van der Waals surface area (Å²) >= 11 is 1.48. The second kappa shape index (κ2) is 9.89. The molecule has 0 bridgehead atoms. The maximum atomic E-state index is 13.7. The largest absolute Gasteiger partial charge is 0.506 e. The lowest BCUT2D eigenvalue weighted by Crippen LogP contribution is -2.52. The number of halogens is 3. The third-order valence-electron chi connectivity index (χ3n) is 5.40. The van der Waals surface area contributed by atoms with Crippen molar-refractivity contribution in [1.82, 2.24) is 4.90 Å². The average molecular weight is 474 g/mol. The summed E-state index contributed by atoms with van der Waals surface area (Å²) in [6.45, 7) is 1.84. The number of rotatable bonds is 7. The van der Waals surface area contributed by atoms with Crippen LogP contribution in [0.5, 0.6) is 0 Å². The van der Waals surface area contributed by atoms with Gasteiger partial charge in [0, 0.05) is 30.3 Å². The molecule has 3 aromatic carbocycles. The van der Waals surface area contributed by atoms with E-state index < -0.39 is 17.9 Å². The van der Waals surface area contributed by atoms with E-state index in [1.165, 1.54) is 17.8 Å². The van der Waals surface area contributed by atoms with Crippen molar-refractivity contribution in [3.8, 4) is 11.1 Å². The Balaban J connectivity index is 1.36. The highest BCUT2D eigenvalue weighted by atomic mass is 32.2. The monoisotopic (exact) mass is 473 g/mol. The maximum Gasteiger partial charge on any atom is 0.506 e. The molecule has 0 unspecified atom stereocenters. The van der Waals surface area contributed by atoms with Gasteiger partial charge in [-0.25, -0.2) is 4.79 Å². The van der Waals surface area contributed by atoms with Crippen molar-refractivity contribution < 1.29 is 27.8 Å². The van der Waals surface area contributed by atoms with Crippen molar-refractivity contribution in [2.75, 3.05) is 13.1 Å². The summed E-state index contributed by atoms with van der Waals surface area (Å²) in [5.41, 5.74) is 1.80. The number of alkyl halides is 3. The molecule has 1 N–H and O–H groups in total. The summed E-state index contributed by atoms with van der Waals surface area (Å²) in [5, 5.41) is 8.61. The molecular formula is C25H22F3NO3S. The van der Waals surface area contributed by atoms with Crippen LogP contribution in [0.3, 0.4) is 0 Å². The van der Waals surface area contributed by atoms with E-state index >= 15 is 0 Å². The third kappa shape index (κ3) is 6.09. The number of carboxylic acid groups (broad SMARTS) is 1. The summed E-state index contributed by atoms with van der Waals surface area (Å²) in [7, 11) is 0. The van der Waals surface area contributed by atoms with Gasteiger partial charge in [-0.2, -0.15) is 13.2 Å². The van der Waals surface area contributed by atoms with Crippen molar-refractivity contribution in [3.63, 3.8) is 0 Å². The Morgan fingerprint density at radius 1 is 1.00 bits per heavy atom. The van der Waals surface area contributed by atoms with Crippen molar-refractivity contribution in [1.29, 1.82) is 0 Å². The lowest BCUT2D eigenvalue weighted by molar-refractivity contribution is -0.137. The first-order valence-electron chi connectivity index (χ1n) is 10.4. The van der Waals surface area contributed by atoms with Crippen LogP contribution in [0.1, 0.15) is 16.7 Å². The SMILES string of the molecule is O=C(O)OC1CN(Cc2ccc(SCc3ccc(-c4ccccc4)c(C(F)(F)F)c3)cc2)C1. The molecule has 3 aromatic rings. The zero-order valence-corrected chi connectivity index (χ0v) is 18.4. The highest BCUT2D eigenvalue weighted by molar-refractivity contribution is 7.98. The van der Waals surface area contributed by atoms with E-state index in [0.29, 0.717) is 36.5 Å². The van der Waals surface area contributed by atoms with Crippen LogP contribution in [-0.4, -0.2) is 35.4 Å². The molecule has 0 aliphatic carbocycles. The van der Waals surface area contributed by atoms with Gasteiger partial charge in [-0.15, -0.1) is 11.8 Å². The first kappa shape index (κ1) is 23.2. The molecule has 1 heterocycles. The fraction of sp³-hybridized carbons (Fsp3) is 0.240. The molecule has 1 fully saturated rings. The number of benzene rings is 3. The minimum atomic E-state index is -4.43. The molecule has 0 saturated carbocycles.